The van der Waals surface area contributed by atoms with E-state index in [0.29, 0.717) is 18.0 Å². The molecule has 0 spiro atoms. The predicted octanol–water partition coefficient (Wildman–Crippen LogP) is -0.753. The van der Waals surface area contributed by atoms with Crippen molar-refractivity contribution in [3.63, 3.8) is 0 Å². The fourth-order valence-corrected chi connectivity index (χ4v) is 2.24. The lowest BCUT2D eigenvalue weighted by molar-refractivity contribution is 0.0950. The molecule has 9 heteroatoms. The Morgan fingerprint density at radius 1 is 1.43 bits per heavy atom. The number of aromatic nitrogens is 2. The van der Waals surface area contributed by atoms with E-state index in [2.05, 4.69) is 20.0 Å². The minimum absolute atomic E-state index is 0.0174. The number of nitrogens with one attached hydrogen (secondary N) is 3. The molecule has 0 fully saturated rings. The summed E-state index contributed by atoms with van der Waals surface area (Å²) >= 11 is 0. The van der Waals surface area contributed by atoms with Gasteiger partial charge in [0.1, 0.15) is 5.69 Å². The van der Waals surface area contributed by atoms with E-state index in [1.807, 2.05) is 13.8 Å². The first-order chi connectivity index (χ1) is 9.73. The SMILES string of the molecule is CNS(=O)(=O)CCNC(=O)c1cc(CC(C)C)[nH]c(=O)n1. The first kappa shape index (κ1) is 17.3. The van der Waals surface area contributed by atoms with Gasteiger partial charge in [-0.15, -0.1) is 0 Å². The zero-order chi connectivity index (χ0) is 16.0. The molecule has 1 aromatic rings. The smallest absolute Gasteiger partial charge is 0.345 e. The molecule has 8 nitrogen and oxygen atoms in total. The number of hydrogen-bond donors (Lipinski definition) is 3. The Bertz CT molecular complexity index is 651. The molecule has 1 heterocycles. The number of rotatable bonds is 7. The molecule has 1 aromatic heterocycles. The third kappa shape index (κ3) is 6.05. The van der Waals surface area contributed by atoms with Crippen LogP contribution >= 0.6 is 0 Å². The van der Waals surface area contributed by atoms with Crippen LogP contribution in [0.4, 0.5) is 0 Å². The van der Waals surface area contributed by atoms with Gasteiger partial charge in [0, 0.05) is 12.2 Å². The maximum absolute atomic E-state index is 11.9. The van der Waals surface area contributed by atoms with E-state index in [4.69, 9.17) is 0 Å². The summed E-state index contributed by atoms with van der Waals surface area (Å²) in [6.45, 7) is 3.91. The van der Waals surface area contributed by atoms with E-state index in [1.54, 1.807) is 0 Å². The van der Waals surface area contributed by atoms with Crippen LogP contribution in [0.3, 0.4) is 0 Å². The quantitative estimate of drug-likeness (QED) is 0.611. The highest BCUT2D eigenvalue weighted by Crippen LogP contribution is 2.04. The number of sulfonamides is 1. The summed E-state index contributed by atoms with van der Waals surface area (Å²) < 4.78 is 24.6. The molecule has 0 radical (unpaired) electrons. The molecule has 0 saturated carbocycles. The Morgan fingerprint density at radius 2 is 2.10 bits per heavy atom. The van der Waals surface area contributed by atoms with Crippen LogP contribution in [0.15, 0.2) is 10.9 Å². The van der Waals surface area contributed by atoms with Crippen molar-refractivity contribution in [1.82, 2.24) is 20.0 Å². The fourth-order valence-electron chi connectivity index (χ4n) is 1.67. The molecule has 0 aromatic carbocycles. The summed E-state index contributed by atoms with van der Waals surface area (Å²) in [5, 5.41) is 2.42. The van der Waals surface area contributed by atoms with Crippen molar-refractivity contribution < 1.29 is 13.2 Å². The minimum atomic E-state index is -3.38. The van der Waals surface area contributed by atoms with Crippen molar-refractivity contribution in [2.75, 3.05) is 19.3 Å². The second-order valence-electron chi connectivity index (χ2n) is 4.97. The summed E-state index contributed by atoms with van der Waals surface area (Å²) in [7, 11) is -2.08. The molecular formula is C12H20N4O4S. The van der Waals surface area contributed by atoms with Gasteiger partial charge in [0.2, 0.25) is 10.0 Å². The normalized spacial score (nSPS) is 11.6. The topological polar surface area (TPSA) is 121 Å². The lowest BCUT2D eigenvalue weighted by Gasteiger charge is -2.07. The molecule has 0 aliphatic carbocycles. The van der Waals surface area contributed by atoms with Gasteiger partial charge in [0.25, 0.3) is 5.91 Å². The number of carbonyl (C=O) groups excluding carboxylic acids is 1. The molecule has 0 aliphatic rings. The molecule has 0 atom stereocenters. The largest absolute Gasteiger partial charge is 0.350 e. The number of hydrogen-bond acceptors (Lipinski definition) is 5. The molecule has 0 bridgehead atoms. The Hall–Kier alpha value is -1.74. The Kier molecular flexibility index (Phi) is 6.03. The number of carbonyl (C=O) groups is 1. The monoisotopic (exact) mass is 316 g/mol. The zero-order valence-electron chi connectivity index (χ0n) is 12.3. The van der Waals surface area contributed by atoms with Crippen molar-refractivity contribution >= 4 is 15.9 Å². The highest BCUT2D eigenvalue weighted by atomic mass is 32.2. The molecule has 118 valence electrons. The van der Waals surface area contributed by atoms with E-state index in [0.717, 1.165) is 0 Å². The molecular weight excluding hydrogens is 296 g/mol. The van der Waals surface area contributed by atoms with E-state index in [1.165, 1.54) is 13.1 Å². The van der Waals surface area contributed by atoms with Crippen molar-refractivity contribution in [3.8, 4) is 0 Å². The lowest BCUT2D eigenvalue weighted by atomic mass is 10.1. The fraction of sp³-hybridized carbons (Fsp3) is 0.583. The first-order valence-corrected chi connectivity index (χ1v) is 8.18. The Morgan fingerprint density at radius 3 is 2.67 bits per heavy atom. The minimum Gasteiger partial charge on any atom is -0.350 e. The van der Waals surface area contributed by atoms with Gasteiger partial charge in [-0.3, -0.25) is 4.79 Å². The Labute approximate surface area is 123 Å². The maximum atomic E-state index is 11.9. The van der Waals surface area contributed by atoms with Gasteiger partial charge in [0.05, 0.1) is 5.75 Å². The summed E-state index contributed by atoms with van der Waals surface area (Å²) in [6.07, 6.45) is 0.617. The molecule has 0 aliphatic heterocycles. The van der Waals surface area contributed by atoms with Crippen molar-refractivity contribution in [3.05, 3.63) is 27.9 Å². The van der Waals surface area contributed by atoms with Crippen molar-refractivity contribution in [1.29, 1.82) is 0 Å². The van der Waals surface area contributed by atoms with Gasteiger partial charge in [-0.25, -0.2) is 17.9 Å². The zero-order valence-corrected chi connectivity index (χ0v) is 13.1. The molecule has 1 rings (SSSR count). The lowest BCUT2D eigenvalue weighted by Crippen LogP contribution is -2.34. The third-order valence-electron chi connectivity index (χ3n) is 2.63. The van der Waals surface area contributed by atoms with Gasteiger partial charge in [-0.2, -0.15) is 4.98 Å². The van der Waals surface area contributed by atoms with Crippen LogP contribution in [0.5, 0.6) is 0 Å². The summed E-state index contributed by atoms with van der Waals surface area (Å²) in [5.41, 5.74) is 0.00963. The van der Waals surface area contributed by atoms with Crippen LogP contribution in [0.2, 0.25) is 0 Å². The number of nitrogens with zero attached hydrogens (tertiary/aromatic N) is 1. The van der Waals surface area contributed by atoms with E-state index < -0.39 is 21.6 Å². The average molecular weight is 316 g/mol. The molecule has 0 saturated heterocycles. The van der Waals surface area contributed by atoms with Crippen LogP contribution in [0, 0.1) is 5.92 Å². The number of aromatic amines is 1. The third-order valence-corrected chi connectivity index (χ3v) is 3.99. The Balaban J connectivity index is 2.74. The van der Waals surface area contributed by atoms with Crippen LogP contribution in [-0.4, -0.2) is 43.6 Å². The molecule has 21 heavy (non-hydrogen) atoms. The number of H-pyrrole nitrogens is 1. The second kappa shape index (κ2) is 7.32. The van der Waals surface area contributed by atoms with E-state index in [-0.39, 0.29) is 18.0 Å². The van der Waals surface area contributed by atoms with Gasteiger partial charge in [-0.1, -0.05) is 13.8 Å². The molecule has 0 unspecified atom stereocenters. The van der Waals surface area contributed by atoms with Crippen LogP contribution in [0.1, 0.15) is 30.0 Å². The van der Waals surface area contributed by atoms with Crippen LogP contribution < -0.4 is 15.7 Å². The van der Waals surface area contributed by atoms with Gasteiger partial charge < -0.3 is 10.3 Å². The van der Waals surface area contributed by atoms with Crippen LogP contribution in [-0.2, 0) is 16.4 Å². The van der Waals surface area contributed by atoms with Crippen molar-refractivity contribution in [2.24, 2.45) is 5.92 Å². The van der Waals surface area contributed by atoms with Gasteiger partial charge in [0.15, 0.2) is 0 Å². The first-order valence-electron chi connectivity index (χ1n) is 6.53. The van der Waals surface area contributed by atoms with Gasteiger partial charge in [-0.05, 0) is 25.5 Å². The molecule has 1 amide bonds. The second-order valence-corrected chi connectivity index (χ2v) is 7.02. The van der Waals surface area contributed by atoms with E-state index >= 15 is 0 Å². The highest BCUT2D eigenvalue weighted by Gasteiger charge is 2.12. The predicted molar refractivity (Wildman–Crippen MR) is 78.6 cm³/mol. The standard InChI is InChI=1S/C12H20N4O4S/c1-8(2)6-9-7-10(16-12(18)15-9)11(17)14-4-5-21(19,20)13-3/h7-8,13H,4-6H2,1-3H3,(H,14,17)(H,15,16,18). The maximum Gasteiger partial charge on any atom is 0.345 e. The van der Waals surface area contributed by atoms with E-state index in [9.17, 15) is 18.0 Å². The summed E-state index contributed by atoms with van der Waals surface area (Å²) in [6, 6.07) is 1.50. The molecule has 3 N–H and O–H groups in total. The van der Waals surface area contributed by atoms with Crippen LogP contribution in [0.25, 0.3) is 0 Å². The summed E-state index contributed by atoms with van der Waals surface area (Å²) in [5.74, 6) is -0.491. The summed E-state index contributed by atoms with van der Waals surface area (Å²) in [4.78, 5) is 29.5. The van der Waals surface area contributed by atoms with Crippen molar-refractivity contribution in [2.45, 2.75) is 20.3 Å². The van der Waals surface area contributed by atoms with Gasteiger partial charge >= 0.3 is 5.69 Å². The number of amides is 1. The average Bonchev–Trinajstić information content (AvgIpc) is 2.36. The highest BCUT2D eigenvalue weighted by molar-refractivity contribution is 7.89.